The summed E-state index contributed by atoms with van der Waals surface area (Å²) in [4.78, 5) is 32.7. The third kappa shape index (κ3) is 7.12. The highest BCUT2D eigenvalue weighted by Crippen LogP contribution is 1.82. The standard InChI is InChI=1S/C9H17N3O5/c1-2-3-10-7(14)4-11-9(17)12-6(5-13)8(15)16/h6,13H,2-5H2,1H3,(H,10,14)(H,15,16)(H2,11,12,17). The van der Waals surface area contributed by atoms with Gasteiger partial charge in [0.15, 0.2) is 6.04 Å². The zero-order chi connectivity index (χ0) is 13.3. The number of aliphatic carboxylic acids is 1. The first-order valence-electron chi connectivity index (χ1n) is 5.16. The summed E-state index contributed by atoms with van der Waals surface area (Å²) in [6, 6.07) is -2.20. The van der Waals surface area contributed by atoms with Crippen LogP contribution in [0, 0.1) is 0 Å². The van der Waals surface area contributed by atoms with Crippen LogP contribution in [-0.4, -0.2) is 53.9 Å². The Hall–Kier alpha value is -1.83. The van der Waals surface area contributed by atoms with E-state index in [1.165, 1.54) is 0 Å². The maximum Gasteiger partial charge on any atom is 0.328 e. The van der Waals surface area contributed by atoms with E-state index in [1.807, 2.05) is 12.2 Å². The lowest BCUT2D eigenvalue weighted by Gasteiger charge is -2.12. The van der Waals surface area contributed by atoms with Crippen LogP contribution in [0.25, 0.3) is 0 Å². The minimum Gasteiger partial charge on any atom is -0.480 e. The molecule has 0 radical (unpaired) electrons. The van der Waals surface area contributed by atoms with Crippen molar-refractivity contribution in [2.75, 3.05) is 19.7 Å². The lowest BCUT2D eigenvalue weighted by molar-refractivity contribution is -0.140. The van der Waals surface area contributed by atoms with E-state index in [2.05, 4.69) is 10.6 Å². The number of carbonyl (C=O) groups excluding carboxylic acids is 2. The highest BCUT2D eigenvalue weighted by Gasteiger charge is 2.18. The Labute approximate surface area is 98.4 Å². The highest BCUT2D eigenvalue weighted by molar-refractivity contribution is 5.86. The van der Waals surface area contributed by atoms with E-state index in [1.54, 1.807) is 0 Å². The lowest BCUT2D eigenvalue weighted by Crippen LogP contribution is -2.49. The van der Waals surface area contributed by atoms with Crippen LogP contribution in [0.1, 0.15) is 13.3 Å². The Balaban J connectivity index is 3.86. The predicted octanol–water partition coefficient (Wildman–Crippen LogP) is -1.74. The van der Waals surface area contributed by atoms with Crippen LogP contribution in [-0.2, 0) is 9.59 Å². The van der Waals surface area contributed by atoms with Crippen molar-refractivity contribution in [2.24, 2.45) is 0 Å². The Bertz CT molecular complexity index is 282. The number of hydrogen-bond donors (Lipinski definition) is 5. The SMILES string of the molecule is CCCNC(=O)CNC(=O)NC(CO)C(=O)O. The molecule has 0 fully saturated rings. The molecule has 0 spiro atoms. The Kier molecular flexibility index (Phi) is 7.44. The number of hydrogen-bond acceptors (Lipinski definition) is 4. The zero-order valence-electron chi connectivity index (χ0n) is 9.52. The van der Waals surface area contributed by atoms with Gasteiger partial charge in [-0.2, -0.15) is 0 Å². The van der Waals surface area contributed by atoms with E-state index >= 15 is 0 Å². The van der Waals surface area contributed by atoms with Crippen molar-refractivity contribution in [1.29, 1.82) is 0 Å². The molecule has 17 heavy (non-hydrogen) atoms. The van der Waals surface area contributed by atoms with Crippen molar-refractivity contribution in [2.45, 2.75) is 19.4 Å². The van der Waals surface area contributed by atoms with E-state index in [9.17, 15) is 14.4 Å². The topological polar surface area (TPSA) is 128 Å². The Morgan fingerprint density at radius 2 is 1.88 bits per heavy atom. The second kappa shape index (κ2) is 8.34. The fourth-order valence-electron chi connectivity index (χ4n) is 0.882. The van der Waals surface area contributed by atoms with Crippen molar-refractivity contribution >= 4 is 17.9 Å². The number of carboxylic acids is 1. The smallest absolute Gasteiger partial charge is 0.328 e. The van der Waals surface area contributed by atoms with Gasteiger partial charge in [-0.15, -0.1) is 0 Å². The number of rotatable bonds is 7. The summed E-state index contributed by atoms with van der Waals surface area (Å²) in [6.45, 7) is 1.43. The van der Waals surface area contributed by atoms with Gasteiger partial charge < -0.3 is 26.2 Å². The molecule has 0 bridgehead atoms. The monoisotopic (exact) mass is 247 g/mol. The van der Waals surface area contributed by atoms with Gasteiger partial charge in [-0.1, -0.05) is 6.92 Å². The first kappa shape index (κ1) is 15.2. The second-order valence-corrected chi connectivity index (χ2v) is 3.25. The molecular formula is C9H17N3O5. The molecule has 1 unspecified atom stereocenters. The summed E-state index contributed by atoms with van der Waals surface area (Å²) < 4.78 is 0. The molecule has 5 N–H and O–H groups in total. The molecular weight excluding hydrogens is 230 g/mol. The first-order valence-corrected chi connectivity index (χ1v) is 5.16. The normalized spacial score (nSPS) is 11.4. The maximum absolute atomic E-state index is 11.1. The van der Waals surface area contributed by atoms with Gasteiger partial charge >= 0.3 is 12.0 Å². The van der Waals surface area contributed by atoms with Crippen molar-refractivity contribution in [1.82, 2.24) is 16.0 Å². The number of carboxylic acid groups (broad SMARTS) is 1. The van der Waals surface area contributed by atoms with Crippen LogP contribution in [0.15, 0.2) is 0 Å². The molecule has 0 rings (SSSR count). The summed E-state index contributed by atoms with van der Waals surface area (Å²) >= 11 is 0. The van der Waals surface area contributed by atoms with Crippen molar-refractivity contribution in [3.63, 3.8) is 0 Å². The van der Waals surface area contributed by atoms with Crippen LogP contribution in [0.3, 0.4) is 0 Å². The molecule has 0 aliphatic heterocycles. The number of aliphatic hydroxyl groups is 1. The number of aliphatic hydroxyl groups excluding tert-OH is 1. The fraction of sp³-hybridized carbons (Fsp3) is 0.667. The van der Waals surface area contributed by atoms with E-state index in [0.717, 1.165) is 6.42 Å². The maximum atomic E-state index is 11.1. The van der Waals surface area contributed by atoms with Crippen LogP contribution < -0.4 is 16.0 Å². The summed E-state index contributed by atoms with van der Waals surface area (Å²) in [5.74, 6) is -1.71. The van der Waals surface area contributed by atoms with E-state index in [-0.39, 0.29) is 12.5 Å². The summed E-state index contributed by atoms with van der Waals surface area (Å²) in [5, 5.41) is 23.9. The molecule has 8 nitrogen and oxygen atoms in total. The van der Waals surface area contributed by atoms with Crippen LogP contribution >= 0.6 is 0 Å². The van der Waals surface area contributed by atoms with Gasteiger partial charge in [0.05, 0.1) is 13.2 Å². The number of urea groups is 1. The summed E-state index contributed by atoms with van der Waals surface area (Å²) in [7, 11) is 0. The molecule has 0 saturated heterocycles. The minimum absolute atomic E-state index is 0.246. The Morgan fingerprint density at radius 3 is 2.35 bits per heavy atom. The molecule has 8 heteroatoms. The number of carbonyl (C=O) groups is 3. The molecule has 0 heterocycles. The van der Waals surface area contributed by atoms with Gasteiger partial charge in [-0.05, 0) is 6.42 Å². The third-order valence-corrected chi connectivity index (χ3v) is 1.77. The first-order chi connectivity index (χ1) is 8.01. The Morgan fingerprint density at radius 1 is 1.24 bits per heavy atom. The van der Waals surface area contributed by atoms with Crippen LogP contribution in [0.5, 0.6) is 0 Å². The molecule has 98 valence electrons. The van der Waals surface area contributed by atoms with E-state index in [0.29, 0.717) is 6.54 Å². The highest BCUT2D eigenvalue weighted by atomic mass is 16.4. The van der Waals surface area contributed by atoms with Crippen molar-refractivity contribution in [3.8, 4) is 0 Å². The van der Waals surface area contributed by atoms with E-state index in [4.69, 9.17) is 10.2 Å². The van der Waals surface area contributed by atoms with Gasteiger partial charge in [-0.25, -0.2) is 9.59 Å². The predicted molar refractivity (Wildman–Crippen MR) is 58.3 cm³/mol. The average Bonchev–Trinajstić information content (AvgIpc) is 2.30. The van der Waals surface area contributed by atoms with Gasteiger partial charge in [0.25, 0.3) is 0 Å². The quantitative estimate of drug-likeness (QED) is 0.365. The van der Waals surface area contributed by atoms with Crippen molar-refractivity contribution in [3.05, 3.63) is 0 Å². The van der Waals surface area contributed by atoms with Gasteiger partial charge in [0.2, 0.25) is 5.91 Å². The molecule has 1 atom stereocenters. The van der Waals surface area contributed by atoms with Gasteiger partial charge in [0, 0.05) is 6.54 Å². The number of amides is 3. The molecule has 3 amide bonds. The molecule has 0 aliphatic rings. The van der Waals surface area contributed by atoms with Crippen LogP contribution in [0.2, 0.25) is 0 Å². The number of nitrogens with one attached hydrogen (secondary N) is 3. The minimum atomic E-state index is -1.38. The second-order valence-electron chi connectivity index (χ2n) is 3.25. The largest absolute Gasteiger partial charge is 0.480 e. The van der Waals surface area contributed by atoms with Crippen molar-refractivity contribution < 1.29 is 24.6 Å². The lowest BCUT2D eigenvalue weighted by atomic mass is 10.3. The average molecular weight is 247 g/mol. The molecule has 0 aromatic carbocycles. The van der Waals surface area contributed by atoms with Gasteiger partial charge in [0.1, 0.15) is 0 Å². The molecule has 0 aliphatic carbocycles. The zero-order valence-corrected chi connectivity index (χ0v) is 9.52. The van der Waals surface area contributed by atoms with Crippen LogP contribution in [0.4, 0.5) is 4.79 Å². The summed E-state index contributed by atoms with van der Waals surface area (Å²) in [5.41, 5.74) is 0. The van der Waals surface area contributed by atoms with Gasteiger partial charge in [-0.3, -0.25) is 4.79 Å². The molecule has 0 aromatic rings. The molecule has 0 saturated carbocycles. The summed E-state index contributed by atoms with van der Waals surface area (Å²) in [6.07, 6.45) is 0.781. The third-order valence-electron chi connectivity index (χ3n) is 1.77. The van der Waals surface area contributed by atoms with E-state index < -0.39 is 24.6 Å². The molecule has 0 aromatic heterocycles. The fourth-order valence-corrected chi connectivity index (χ4v) is 0.882.